The summed E-state index contributed by atoms with van der Waals surface area (Å²) in [6.45, 7) is 4.47. The van der Waals surface area contributed by atoms with Crippen molar-refractivity contribution in [3.8, 4) is 0 Å². The molecule has 0 saturated heterocycles. The Morgan fingerprint density at radius 2 is 2.27 bits per heavy atom. The minimum absolute atomic E-state index is 0.585. The van der Waals surface area contributed by atoms with Crippen molar-refractivity contribution in [1.29, 1.82) is 0 Å². The van der Waals surface area contributed by atoms with Crippen molar-refractivity contribution in [2.24, 2.45) is 5.73 Å². The number of rotatable bonds is 6. The molecular formula is C10H17ClN4. The van der Waals surface area contributed by atoms with Crippen LogP contribution in [0.4, 0.5) is 5.82 Å². The molecule has 5 heteroatoms. The van der Waals surface area contributed by atoms with E-state index in [9.17, 15) is 0 Å². The topological polar surface area (TPSA) is 55.0 Å². The van der Waals surface area contributed by atoms with E-state index in [4.69, 9.17) is 17.3 Å². The summed E-state index contributed by atoms with van der Waals surface area (Å²) in [6, 6.07) is 0. The minimum Gasteiger partial charge on any atom is -0.354 e. The largest absolute Gasteiger partial charge is 0.354 e. The molecule has 1 aromatic rings. The molecule has 0 fully saturated rings. The van der Waals surface area contributed by atoms with Gasteiger partial charge < -0.3 is 10.6 Å². The Bertz CT molecular complexity index is 293. The van der Waals surface area contributed by atoms with Crippen LogP contribution in [-0.4, -0.2) is 29.6 Å². The van der Waals surface area contributed by atoms with Crippen LogP contribution in [0.5, 0.6) is 0 Å². The molecular weight excluding hydrogens is 212 g/mol. The van der Waals surface area contributed by atoms with Crippen LogP contribution >= 0.6 is 11.6 Å². The summed E-state index contributed by atoms with van der Waals surface area (Å²) in [7, 11) is 0. The molecule has 84 valence electrons. The second-order valence-electron chi connectivity index (χ2n) is 3.32. The van der Waals surface area contributed by atoms with Crippen LogP contribution in [0.25, 0.3) is 0 Å². The molecule has 0 aliphatic heterocycles. The second-order valence-corrected chi connectivity index (χ2v) is 3.73. The number of anilines is 1. The maximum absolute atomic E-state index is 6.03. The number of unbranched alkanes of at least 4 members (excludes halogenated alkanes) is 1. The van der Waals surface area contributed by atoms with Crippen molar-refractivity contribution in [1.82, 2.24) is 9.97 Å². The summed E-state index contributed by atoms with van der Waals surface area (Å²) in [5, 5.41) is 0.585. The van der Waals surface area contributed by atoms with Crippen LogP contribution < -0.4 is 10.6 Å². The maximum Gasteiger partial charge on any atom is 0.150 e. The van der Waals surface area contributed by atoms with Gasteiger partial charge in [0.15, 0.2) is 5.82 Å². The number of halogens is 1. The first-order chi connectivity index (χ1) is 7.29. The van der Waals surface area contributed by atoms with Crippen LogP contribution in [0.2, 0.25) is 5.02 Å². The van der Waals surface area contributed by atoms with E-state index in [2.05, 4.69) is 21.8 Å². The smallest absolute Gasteiger partial charge is 0.150 e. The average Bonchev–Trinajstić information content (AvgIpc) is 2.25. The lowest BCUT2D eigenvalue weighted by atomic mass is 10.3. The van der Waals surface area contributed by atoms with Crippen molar-refractivity contribution < 1.29 is 0 Å². The third-order valence-electron chi connectivity index (χ3n) is 2.13. The van der Waals surface area contributed by atoms with Gasteiger partial charge in [0.1, 0.15) is 11.3 Å². The zero-order valence-electron chi connectivity index (χ0n) is 8.99. The zero-order valence-corrected chi connectivity index (χ0v) is 9.74. The van der Waals surface area contributed by atoms with E-state index in [0.717, 1.165) is 31.7 Å². The van der Waals surface area contributed by atoms with Crippen LogP contribution in [0.1, 0.15) is 19.8 Å². The van der Waals surface area contributed by atoms with E-state index in [-0.39, 0.29) is 0 Å². The van der Waals surface area contributed by atoms with Gasteiger partial charge >= 0.3 is 0 Å². The molecule has 1 aromatic heterocycles. The lowest BCUT2D eigenvalue weighted by Crippen LogP contribution is -2.31. The van der Waals surface area contributed by atoms with Gasteiger partial charge in [0, 0.05) is 19.6 Å². The molecule has 0 atom stereocenters. The maximum atomic E-state index is 6.03. The molecule has 0 unspecified atom stereocenters. The van der Waals surface area contributed by atoms with E-state index in [0.29, 0.717) is 11.6 Å². The van der Waals surface area contributed by atoms with Gasteiger partial charge in [-0.25, -0.2) is 9.97 Å². The van der Waals surface area contributed by atoms with E-state index in [1.54, 1.807) is 6.20 Å². The molecule has 15 heavy (non-hydrogen) atoms. The van der Waals surface area contributed by atoms with Gasteiger partial charge in [-0.1, -0.05) is 24.9 Å². The molecule has 1 rings (SSSR count). The number of aromatic nitrogens is 2. The first-order valence-electron chi connectivity index (χ1n) is 5.20. The van der Waals surface area contributed by atoms with Gasteiger partial charge in [0.2, 0.25) is 0 Å². The van der Waals surface area contributed by atoms with Crippen LogP contribution in [-0.2, 0) is 0 Å². The van der Waals surface area contributed by atoms with E-state index in [1.165, 1.54) is 6.33 Å². The Hall–Kier alpha value is -0.870. The van der Waals surface area contributed by atoms with Crippen molar-refractivity contribution >= 4 is 17.4 Å². The number of hydrogen-bond donors (Lipinski definition) is 1. The van der Waals surface area contributed by atoms with Crippen LogP contribution in [0.15, 0.2) is 12.5 Å². The average molecular weight is 229 g/mol. The molecule has 0 aromatic carbocycles. The Morgan fingerprint density at radius 3 is 2.87 bits per heavy atom. The standard InChI is InChI=1S/C10H17ClN4/c1-2-3-5-15(6-4-12)10-9(11)7-13-8-14-10/h7-8H,2-6,12H2,1H3. The highest BCUT2D eigenvalue weighted by molar-refractivity contribution is 6.32. The van der Waals surface area contributed by atoms with Crippen molar-refractivity contribution in [3.05, 3.63) is 17.5 Å². The normalized spacial score (nSPS) is 10.3. The van der Waals surface area contributed by atoms with Gasteiger partial charge in [-0.2, -0.15) is 0 Å². The van der Waals surface area contributed by atoms with Crippen LogP contribution in [0.3, 0.4) is 0 Å². The Balaban J connectivity index is 2.74. The van der Waals surface area contributed by atoms with Gasteiger partial charge in [0.25, 0.3) is 0 Å². The second kappa shape index (κ2) is 6.58. The first kappa shape index (κ1) is 12.2. The number of nitrogens with zero attached hydrogens (tertiary/aromatic N) is 3. The Kier molecular flexibility index (Phi) is 5.36. The fourth-order valence-electron chi connectivity index (χ4n) is 1.37. The molecule has 0 saturated carbocycles. The highest BCUT2D eigenvalue weighted by Gasteiger charge is 2.10. The zero-order chi connectivity index (χ0) is 11.1. The molecule has 1 heterocycles. The van der Waals surface area contributed by atoms with Gasteiger partial charge in [-0.15, -0.1) is 0 Å². The molecule has 2 N–H and O–H groups in total. The van der Waals surface area contributed by atoms with Crippen molar-refractivity contribution in [2.75, 3.05) is 24.5 Å². The fraction of sp³-hybridized carbons (Fsp3) is 0.600. The molecule has 4 nitrogen and oxygen atoms in total. The minimum atomic E-state index is 0.585. The molecule has 0 radical (unpaired) electrons. The van der Waals surface area contributed by atoms with Gasteiger partial charge in [0.05, 0.1) is 6.20 Å². The SMILES string of the molecule is CCCCN(CCN)c1ncncc1Cl. The Labute approximate surface area is 95.5 Å². The predicted molar refractivity (Wildman–Crippen MR) is 63.2 cm³/mol. The first-order valence-corrected chi connectivity index (χ1v) is 5.58. The van der Waals surface area contributed by atoms with E-state index < -0.39 is 0 Å². The monoisotopic (exact) mass is 228 g/mol. The van der Waals surface area contributed by atoms with Crippen molar-refractivity contribution in [2.45, 2.75) is 19.8 Å². The molecule has 0 bridgehead atoms. The summed E-state index contributed by atoms with van der Waals surface area (Å²) < 4.78 is 0. The quantitative estimate of drug-likeness (QED) is 0.805. The predicted octanol–water partition coefficient (Wildman–Crippen LogP) is 1.70. The third kappa shape index (κ3) is 3.64. The lowest BCUT2D eigenvalue weighted by molar-refractivity contribution is 0.706. The number of nitrogens with two attached hydrogens (primary N) is 1. The summed E-state index contributed by atoms with van der Waals surface area (Å²) in [5.41, 5.74) is 5.56. The van der Waals surface area contributed by atoms with E-state index >= 15 is 0 Å². The Morgan fingerprint density at radius 1 is 1.47 bits per heavy atom. The molecule has 0 aliphatic rings. The highest BCUT2D eigenvalue weighted by Crippen LogP contribution is 2.21. The van der Waals surface area contributed by atoms with Crippen molar-refractivity contribution in [3.63, 3.8) is 0 Å². The van der Waals surface area contributed by atoms with Gasteiger partial charge in [-0.3, -0.25) is 0 Å². The number of hydrogen-bond acceptors (Lipinski definition) is 4. The third-order valence-corrected chi connectivity index (χ3v) is 2.39. The lowest BCUT2D eigenvalue weighted by Gasteiger charge is -2.23. The summed E-state index contributed by atoms with van der Waals surface area (Å²) in [5.74, 6) is 0.783. The molecule has 0 aliphatic carbocycles. The summed E-state index contributed by atoms with van der Waals surface area (Å²) in [4.78, 5) is 10.1. The van der Waals surface area contributed by atoms with Gasteiger partial charge in [-0.05, 0) is 6.42 Å². The highest BCUT2D eigenvalue weighted by atomic mass is 35.5. The summed E-state index contributed by atoms with van der Waals surface area (Å²) in [6.07, 6.45) is 5.38. The summed E-state index contributed by atoms with van der Waals surface area (Å²) >= 11 is 6.03. The van der Waals surface area contributed by atoms with E-state index in [1.807, 2.05) is 0 Å². The molecule has 0 amide bonds. The fourth-order valence-corrected chi connectivity index (χ4v) is 1.59. The van der Waals surface area contributed by atoms with Crippen LogP contribution in [0, 0.1) is 0 Å². The molecule has 0 spiro atoms.